The van der Waals surface area contributed by atoms with Crippen LogP contribution >= 0.6 is 0 Å². The van der Waals surface area contributed by atoms with E-state index < -0.39 is 38.1 Å². The number of phenolic OH excluding ortho intramolecular Hbond substituents is 1. The second-order valence-corrected chi connectivity index (χ2v) is 10.0. The third-order valence-corrected chi connectivity index (χ3v) is 6.68. The van der Waals surface area contributed by atoms with Crippen LogP contribution in [0.4, 0.5) is 0 Å². The van der Waals surface area contributed by atoms with Gasteiger partial charge >= 0.3 is 26.2 Å². The Morgan fingerprint density at radius 1 is 0.814 bits per heavy atom. The zero-order valence-corrected chi connectivity index (χ0v) is 24.0. The van der Waals surface area contributed by atoms with E-state index in [1.54, 1.807) is 6.07 Å². The summed E-state index contributed by atoms with van der Waals surface area (Å²) in [6.45, 7) is 3.74. The van der Waals surface area contributed by atoms with E-state index in [0.717, 1.165) is 6.07 Å². The first kappa shape index (κ1) is 33.1. The summed E-state index contributed by atoms with van der Waals surface area (Å²) in [6, 6.07) is 5.41. The second-order valence-electron chi connectivity index (χ2n) is 10.0. The number of phenols is 1. The van der Waals surface area contributed by atoms with Crippen LogP contribution in [0.25, 0.3) is 0 Å². The molecule has 2 amide bonds. The zero-order chi connectivity index (χ0) is 31.8. The summed E-state index contributed by atoms with van der Waals surface area (Å²) in [5, 5.41) is 53.1. The first-order valence-electron chi connectivity index (χ1n) is 13.7. The minimum atomic E-state index is -1.33. The SMILES string of the molecule is CCCC(=O)NC1Cc2cc(O)cc(C(=O)O)c2OB1O.CCCC(=O)NC1Cc2cc(OC)cc(C(=O)O)c2OB1O. The van der Waals surface area contributed by atoms with Crippen LogP contribution in [0.2, 0.25) is 0 Å². The maximum atomic E-state index is 11.7. The molecule has 2 aromatic rings. The van der Waals surface area contributed by atoms with Crippen molar-refractivity contribution in [2.75, 3.05) is 7.11 Å². The van der Waals surface area contributed by atoms with Crippen LogP contribution in [0, 0.1) is 0 Å². The van der Waals surface area contributed by atoms with Crippen molar-refractivity contribution in [1.82, 2.24) is 10.6 Å². The number of ether oxygens (including phenoxy) is 1. The Hall–Kier alpha value is -4.43. The van der Waals surface area contributed by atoms with E-state index in [-0.39, 0.29) is 53.0 Å². The molecule has 2 aromatic carbocycles. The van der Waals surface area contributed by atoms with Gasteiger partial charge in [0.2, 0.25) is 11.8 Å². The molecule has 2 aliphatic heterocycles. The quantitative estimate of drug-likeness (QED) is 0.200. The second kappa shape index (κ2) is 14.6. The molecule has 0 saturated heterocycles. The van der Waals surface area contributed by atoms with Crippen LogP contribution in [0.3, 0.4) is 0 Å². The van der Waals surface area contributed by atoms with Gasteiger partial charge in [-0.15, -0.1) is 0 Å². The highest BCUT2D eigenvalue weighted by molar-refractivity contribution is 6.47. The van der Waals surface area contributed by atoms with Crippen molar-refractivity contribution < 1.29 is 58.6 Å². The van der Waals surface area contributed by atoms with Gasteiger partial charge in [0.1, 0.15) is 34.1 Å². The van der Waals surface area contributed by atoms with Crippen LogP contribution in [-0.2, 0) is 22.4 Å². The van der Waals surface area contributed by atoms with E-state index in [1.165, 1.54) is 19.2 Å². The number of carbonyl (C=O) groups is 4. The molecule has 7 N–H and O–H groups in total. The fourth-order valence-corrected chi connectivity index (χ4v) is 4.69. The van der Waals surface area contributed by atoms with Gasteiger partial charge in [0.15, 0.2) is 0 Å². The summed E-state index contributed by atoms with van der Waals surface area (Å²) in [5.41, 5.74) is 0.706. The molecule has 2 aliphatic rings. The Bertz CT molecular complexity index is 1370. The number of carboxylic acid groups (broad SMARTS) is 2. The largest absolute Gasteiger partial charge is 0.547 e. The van der Waals surface area contributed by atoms with Gasteiger partial charge < -0.3 is 50.0 Å². The van der Waals surface area contributed by atoms with Crippen molar-refractivity contribution in [3.05, 3.63) is 46.5 Å². The van der Waals surface area contributed by atoms with E-state index in [4.69, 9.17) is 19.2 Å². The smallest absolute Gasteiger partial charge is 0.534 e. The van der Waals surface area contributed by atoms with Crippen LogP contribution in [0.1, 0.15) is 71.4 Å². The Morgan fingerprint density at radius 3 is 1.67 bits per heavy atom. The summed E-state index contributed by atoms with van der Waals surface area (Å²) >= 11 is 0. The molecule has 4 rings (SSSR count). The van der Waals surface area contributed by atoms with E-state index in [2.05, 4.69) is 10.6 Å². The first-order chi connectivity index (χ1) is 20.4. The van der Waals surface area contributed by atoms with Gasteiger partial charge in [-0.3, -0.25) is 9.59 Å². The summed E-state index contributed by atoms with van der Waals surface area (Å²) in [6.07, 6.45) is 2.51. The number of nitrogens with one attached hydrogen (secondary N) is 2. The lowest BCUT2D eigenvalue weighted by atomic mass is 9.72. The highest BCUT2D eigenvalue weighted by Gasteiger charge is 2.39. The van der Waals surface area contributed by atoms with Crippen molar-refractivity contribution >= 4 is 38.0 Å². The minimum absolute atomic E-state index is 0.0220. The molecule has 2 heterocycles. The van der Waals surface area contributed by atoms with Gasteiger partial charge in [-0.2, -0.15) is 0 Å². The van der Waals surface area contributed by atoms with Gasteiger partial charge in [-0.25, -0.2) is 9.59 Å². The van der Waals surface area contributed by atoms with Gasteiger partial charge in [0.25, 0.3) is 0 Å². The monoisotopic (exact) mass is 600 g/mol. The fourth-order valence-electron chi connectivity index (χ4n) is 4.69. The normalized spacial score (nSPS) is 16.7. The number of carboxylic acids is 2. The van der Waals surface area contributed by atoms with Gasteiger partial charge in [-0.1, -0.05) is 13.8 Å². The van der Waals surface area contributed by atoms with Gasteiger partial charge in [0, 0.05) is 12.8 Å². The van der Waals surface area contributed by atoms with Crippen LogP contribution < -0.4 is 24.7 Å². The number of aromatic carboxylic acids is 2. The van der Waals surface area contributed by atoms with Gasteiger partial charge in [0.05, 0.1) is 19.0 Å². The topological polar surface area (TPSA) is 221 Å². The number of carbonyl (C=O) groups excluding carboxylic acids is 2. The number of aromatic hydroxyl groups is 1. The maximum absolute atomic E-state index is 11.7. The Morgan fingerprint density at radius 2 is 1.26 bits per heavy atom. The summed E-state index contributed by atoms with van der Waals surface area (Å²) in [5.74, 6) is -3.82. The van der Waals surface area contributed by atoms with E-state index in [0.29, 0.717) is 42.6 Å². The molecular weight excluding hydrogens is 566 g/mol. The number of rotatable bonds is 9. The molecule has 0 aliphatic carbocycles. The molecule has 2 unspecified atom stereocenters. The highest BCUT2D eigenvalue weighted by Crippen LogP contribution is 2.35. The number of hydrogen-bond acceptors (Lipinski definition) is 10. The lowest BCUT2D eigenvalue weighted by Crippen LogP contribution is -2.53. The maximum Gasteiger partial charge on any atom is 0.547 e. The minimum Gasteiger partial charge on any atom is -0.534 e. The molecule has 43 heavy (non-hydrogen) atoms. The number of benzene rings is 2. The number of amides is 2. The molecule has 0 radical (unpaired) electrons. The molecule has 2 atom stereocenters. The average molecular weight is 600 g/mol. The van der Waals surface area contributed by atoms with Crippen LogP contribution in [-0.4, -0.2) is 82.3 Å². The summed E-state index contributed by atoms with van der Waals surface area (Å²) < 4.78 is 15.6. The van der Waals surface area contributed by atoms with Gasteiger partial charge in [-0.05, 0) is 61.1 Å². The third kappa shape index (κ3) is 8.32. The lowest BCUT2D eigenvalue weighted by Gasteiger charge is -2.29. The molecule has 0 aromatic heterocycles. The standard InChI is InChI=1S/C14H18BNO6.C13H16BNO6/c1-3-4-12(17)16-11-6-8-5-9(21-2)7-10(14(18)19)13(8)22-15(11)20;1-2-3-11(17)15-10-5-7-4-8(16)6-9(13(18)19)12(7)21-14(10)20/h5,7,11,20H,3-4,6H2,1-2H3,(H,16,17)(H,18,19);4,6,10,16,20H,2-3,5H2,1H3,(H,15,17)(H,18,19). The molecule has 16 heteroatoms. The van der Waals surface area contributed by atoms with Crippen LogP contribution in [0.15, 0.2) is 24.3 Å². The van der Waals surface area contributed by atoms with Crippen molar-refractivity contribution in [3.8, 4) is 23.0 Å². The zero-order valence-electron chi connectivity index (χ0n) is 24.0. The molecule has 0 bridgehead atoms. The van der Waals surface area contributed by atoms with Crippen molar-refractivity contribution in [1.29, 1.82) is 0 Å². The molecule has 0 fully saturated rings. The average Bonchev–Trinajstić information content (AvgIpc) is 2.93. The summed E-state index contributed by atoms with van der Waals surface area (Å²) in [4.78, 5) is 45.7. The van der Waals surface area contributed by atoms with E-state index in [9.17, 15) is 39.4 Å². The first-order valence-corrected chi connectivity index (χ1v) is 13.7. The van der Waals surface area contributed by atoms with Crippen molar-refractivity contribution in [2.45, 2.75) is 64.3 Å². The highest BCUT2D eigenvalue weighted by atomic mass is 16.5. The van der Waals surface area contributed by atoms with E-state index >= 15 is 0 Å². The van der Waals surface area contributed by atoms with Crippen molar-refractivity contribution in [3.63, 3.8) is 0 Å². The Labute approximate surface area is 248 Å². The molecular formula is C27H34B2N2O12. The summed E-state index contributed by atoms with van der Waals surface area (Å²) in [7, 11) is -1.19. The lowest BCUT2D eigenvalue weighted by molar-refractivity contribution is -0.122. The predicted octanol–water partition coefficient (Wildman–Crippen LogP) is 0.963. The fraction of sp³-hybridized carbons (Fsp3) is 0.407. The van der Waals surface area contributed by atoms with Crippen molar-refractivity contribution in [2.24, 2.45) is 0 Å². The Kier molecular flexibility index (Phi) is 11.3. The number of hydrogen-bond donors (Lipinski definition) is 7. The number of methoxy groups -OCH3 is 1. The molecule has 14 nitrogen and oxygen atoms in total. The molecule has 0 spiro atoms. The third-order valence-electron chi connectivity index (χ3n) is 6.68. The molecule has 230 valence electrons. The van der Waals surface area contributed by atoms with E-state index in [1.807, 2.05) is 13.8 Å². The molecule has 0 saturated carbocycles. The number of fused-ring (bicyclic) bond motifs is 2. The van der Waals surface area contributed by atoms with Crippen LogP contribution in [0.5, 0.6) is 23.0 Å². The predicted molar refractivity (Wildman–Crippen MR) is 153 cm³/mol. The Balaban J connectivity index is 0.000000236.